The van der Waals surface area contributed by atoms with Crippen LogP contribution in [-0.4, -0.2) is 11.1 Å². The van der Waals surface area contributed by atoms with Crippen molar-refractivity contribution in [1.29, 1.82) is 0 Å². The van der Waals surface area contributed by atoms with Crippen LogP contribution in [0.1, 0.15) is 73.1 Å². The number of carbonyl (C=O) groups is 1. The quantitative estimate of drug-likeness (QED) is 0.461. The zero-order valence-electron chi connectivity index (χ0n) is 12.3. The van der Waals surface area contributed by atoms with E-state index in [1.807, 2.05) is 0 Å². The third-order valence-electron chi connectivity index (χ3n) is 2.89. The summed E-state index contributed by atoms with van der Waals surface area (Å²) >= 11 is 0. The fourth-order valence-corrected chi connectivity index (χ4v) is 1.91. The molecule has 0 rings (SSSR count). The van der Waals surface area contributed by atoms with Crippen LogP contribution >= 0.6 is 0 Å². The van der Waals surface area contributed by atoms with Gasteiger partial charge in [0.1, 0.15) is 0 Å². The molecule has 0 saturated carbocycles. The molecular weight excluding hydrogens is 211 g/mol. The fraction of sp³-hybridized carbons (Fsp3) is 0.923. The van der Waals surface area contributed by atoms with Crippen molar-refractivity contribution >= 4 is 5.97 Å². The van der Waals surface area contributed by atoms with Gasteiger partial charge in [0.2, 0.25) is 0 Å². The molecule has 0 radical (unpaired) electrons. The maximum Gasteiger partial charge on any atom is 1.00 e. The van der Waals surface area contributed by atoms with Crippen molar-refractivity contribution in [3.05, 3.63) is 0 Å². The zero-order valence-corrected chi connectivity index (χ0v) is 13.3. The largest absolute Gasteiger partial charge is 1.00 e. The summed E-state index contributed by atoms with van der Waals surface area (Å²) in [4.78, 5) is 10.9. The molecule has 0 aliphatic heterocycles. The van der Waals surface area contributed by atoms with E-state index < -0.39 is 5.97 Å². The topological polar surface area (TPSA) is 37.3 Å². The first-order valence-electron chi connectivity index (χ1n) is 6.45. The van der Waals surface area contributed by atoms with Gasteiger partial charge in [0.25, 0.3) is 0 Å². The van der Waals surface area contributed by atoms with Crippen LogP contribution in [0.2, 0.25) is 0 Å². The molecule has 1 unspecified atom stereocenters. The van der Waals surface area contributed by atoms with E-state index in [2.05, 4.69) is 13.8 Å². The average molecular weight is 238 g/mol. The number of carboxylic acids is 1. The minimum absolute atomic E-state index is 0. The van der Waals surface area contributed by atoms with Crippen LogP contribution in [0, 0.1) is 5.92 Å². The maximum absolute atomic E-state index is 10.9. The Morgan fingerprint density at radius 1 is 1.00 bits per heavy atom. The van der Waals surface area contributed by atoms with E-state index in [0.717, 1.165) is 25.7 Å². The SMILES string of the molecule is CCCCCCCCC(CCC)C(=O)O.[H-].[Na+]. The fourth-order valence-electron chi connectivity index (χ4n) is 1.91. The smallest absolute Gasteiger partial charge is 1.00 e. The third kappa shape index (κ3) is 11.0. The molecule has 0 amide bonds. The molecule has 92 valence electrons. The number of carboxylic acid groups (broad SMARTS) is 1. The van der Waals surface area contributed by atoms with Crippen molar-refractivity contribution in [3.8, 4) is 0 Å². The van der Waals surface area contributed by atoms with Crippen molar-refractivity contribution in [2.75, 3.05) is 0 Å². The molecule has 0 spiro atoms. The molecule has 1 atom stereocenters. The molecule has 3 heteroatoms. The number of rotatable bonds is 10. The average Bonchev–Trinajstić information content (AvgIpc) is 2.21. The van der Waals surface area contributed by atoms with Crippen LogP contribution in [-0.2, 0) is 4.79 Å². The van der Waals surface area contributed by atoms with Crippen molar-refractivity contribution in [2.24, 2.45) is 5.92 Å². The van der Waals surface area contributed by atoms with Gasteiger partial charge < -0.3 is 6.53 Å². The second kappa shape index (κ2) is 13.5. The Labute approximate surface area is 124 Å². The third-order valence-corrected chi connectivity index (χ3v) is 2.89. The molecule has 1 N–H and O–H groups in total. The van der Waals surface area contributed by atoms with Crippen LogP contribution in [0.15, 0.2) is 0 Å². The molecule has 0 fully saturated rings. The van der Waals surface area contributed by atoms with E-state index in [1.54, 1.807) is 0 Å². The Morgan fingerprint density at radius 2 is 1.56 bits per heavy atom. The Morgan fingerprint density at radius 3 is 2.06 bits per heavy atom. The van der Waals surface area contributed by atoms with Gasteiger partial charge in [-0.15, -0.1) is 0 Å². The summed E-state index contributed by atoms with van der Waals surface area (Å²) in [6, 6.07) is 0. The molecule has 0 aliphatic rings. The van der Waals surface area contributed by atoms with Crippen molar-refractivity contribution in [1.82, 2.24) is 0 Å². The van der Waals surface area contributed by atoms with Crippen molar-refractivity contribution in [3.63, 3.8) is 0 Å². The predicted molar refractivity (Wildman–Crippen MR) is 65.1 cm³/mol. The van der Waals surface area contributed by atoms with Crippen LogP contribution in [0.4, 0.5) is 0 Å². The number of aliphatic carboxylic acids is 1. The minimum atomic E-state index is -0.606. The van der Waals surface area contributed by atoms with E-state index >= 15 is 0 Å². The molecule has 0 aliphatic carbocycles. The monoisotopic (exact) mass is 238 g/mol. The number of unbranched alkanes of at least 4 members (excludes halogenated alkanes) is 5. The van der Waals surface area contributed by atoms with Gasteiger partial charge in [0.15, 0.2) is 0 Å². The Hall–Kier alpha value is 0.470. The standard InChI is InChI=1S/C13H26O2.Na.H/c1-3-5-6-7-8-9-11-12(10-4-2)13(14)15;;/h12H,3-11H2,1-2H3,(H,14,15);;/q;+1;-1. The summed E-state index contributed by atoms with van der Waals surface area (Å²) < 4.78 is 0. The van der Waals surface area contributed by atoms with Gasteiger partial charge in [-0.3, -0.25) is 4.79 Å². The van der Waals surface area contributed by atoms with Crippen molar-refractivity contribution < 1.29 is 40.9 Å². The van der Waals surface area contributed by atoms with E-state index in [0.29, 0.717) is 0 Å². The second-order valence-electron chi connectivity index (χ2n) is 4.38. The first kappa shape index (κ1) is 18.8. The first-order valence-corrected chi connectivity index (χ1v) is 6.45. The van der Waals surface area contributed by atoms with Crippen LogP contribution in [0.5, 0.6) is 0 Å². The molecule has 16 heavy (non-hydrogen) atoms. The Kier molecular flexibility index (Phi) is 15.9. The first-order chi connectivity index (χ1) is 7.22. The van der Waals surface area contributed by atoms with Crippen LogP contribution in [0.25, 0.3) is 0 Å². The van der Waals surface area contributed by atoms with Gasteiger partial charge in [-0.1, -0.05) is 58.8 Å². The van der Waals surface area contributed by atoms with E-state index in [4.69, 9.17) is 5.11 Å². The number of hydrogen-bond acceptors (Lipinski definition) is 1. The maximum atomic E-state index is 10.9. The normalized spacial score (nSPS) is 11.9. The summed E-state index contributed by atoms with van der Waals surface area (Å²) in [5.41, 5.74) is 0. The number of hydrogen-bond donors (Lipinski definition) is 1. The Balaban J connectivity index is -0.000000980. The summed E-state index contributed by atoms with van der Waals surface area (Å²) in [6.45, 7) is 4.26. The Bertz CT molecular complexity index is 165. The zero-order chi connectivity index (χ0) is 11.5. The van der Waals surface area contributed by atoms with E-state index in [1.165, 1.54) is 32.1 Å². The summed E-state index contributed by atoms with van der Waals surface area (Å²) in [5.74, 6) is -0.702. The van der Waals surface area contributed by atoms with Gasteiger partial charge in [-0.2, -0.15) is 0 Å². The van der Waals surface area contributed by atoms with Gasteiger partial charge in [0, 0.05) is 0 Å². The van der Waals surface area contributed by atoms with E-state index in [-0.39, 0.29) is 36.9 Å². The van der Waals surface area contributed by atoms with E-state index in [9.17, 15) is 4.79 Å². The van der Waals surface area contributed by atoms with Crippen molar-refractivity contribution in [2.45, 2.75) is 71.6 Å². The van der Waals surface area contributed by atoms with Gasteiger partial charge in [0.05, 0.1) is 5.92 Å². The predicted octanol–water partition coefficient (Wildman–Crippen LogP) is 1.35. The summed E-state index contributed by atoms with van der Waals surface area (Å²) in [6.07, 6.45) is 10.1. The minimum Gasteiger partial charge on any atom is -1.00 e. The molecule has 0 aromatic heterocycles. The van der Waals surface area contributed by atoms with Gasteiger partial charge in [-0.25, -0.2) is 0 Å². The van der Waals surface area contributed by atoms with Crippen LogP contribution < -0.4 is 29.6 Å². The van der Waals surface area contributed by atoms with Crippen LogP contribution in [0.3, 0.4) is 0 Å². The molecule has 0 heterocycles. The van der Waals surface area contributed by atoms with Gasteiger partial charge >= 0.3 is 35.5 Å². The second-order valence-corrected chi connectivity index (χ2v) is 4.38. The van der Waals surface area contributed by atoms with Gasteiger partial charge in [-0.05, 0) is 12.8 Å². The molecule has 0 aromatic rings. The summed E-state index contributed by atoms with van der Waals surface area (Å²) in [5, 5.41) is 8.95. The molecule has 2 nitrogen and oxygen atoms in total. The molecule has 0 bridgehead atoms. The molecule has 0 saturated heterocycles. The summed E-state index contributed by atoms with van der Waals surface area (Å²) in [7, 11) is 0. The molecule has 0 aromatic carbocycles. The molecular formula is C13H27NaO2.